The third-order valence-electron chi connectivity index (χ3n) is 3.26. The number of aromatic nitrogens is 2. The quantitative estimate of drug-likeness (QED) is 0.741. The number of nitrogens with zero attached hydrogens (tertiary/aromatic N) is 1. The van der Waals surface area contributed by atoms with Crippen LogP contribution in [0.15, 0.2) is 24.4 Å². The molecule has 0 radical (unpaired) electrons. The van der Waals surface area contributed by atoms with Crippen molar-refractivity contribution in [2.45, 2.75) is 18.8 Å². The standard InChI is InChI=1S/C12H15N3/c1-4-10(9-3-2-6-13-7-9)11-8-14-15-12(11)5-1/h1,4-5,8-9,13H,2-3,6-7H2,(H,14,15). The maximum absolute atomic E-state index is 4.11. The van der Waals surface area contributed by atoms with Crippen molar-refractivity contribution in [3.05, 3.63) is 30.0 Å². The number of aromatic amines is 1. The van der Waals surface area contributed by atoms with E-state index in [4.69, 9.17) is 0 Å². The van der Waals surface area contributed by atoms with E-state index in [0.717, 1.165) is 18.6 Å². The second-order valence-corrected chi connectivity index (χ2v) is 4.22. The Bertz CT molecular complexity index is 455. The van der Waals surface area contributed by atoms with Crippen LogP contribution < -0.4 is 5.32 Å². The summed E-state index contributed by atoms with van der Waals surface area (Å²) in [6.07, 6.45) is 4.51. The number of H-pyrrole nitrogens is 1. The van der Waals surface area contributed by atoms with Gasteiger partial charge in [-0.25, -0.2) is 0 Å². The molecule has 15 heavy (non-hydrogen) atoms. The molecule has 78 valence electrons. The number of fused-ring (bicyclic) bond motifs is 1. The van der Waals surface area contributed by atoms with Gasteiger partial charge in [0.25, 0.3) is 0 Å². The van der Waals surface area contributed by atoms with Crippen molar-refractivity contribution in [3.8, 4) is 0 Å². The van der Waals surface area contributed by atoms with E-state index in [1.807, 2.05) is 6.20 Å². The molecule has 0 amide bonds. The van der Waals surface area contributed by atoms with Gasteiger partial charge in [0.1, 0.15) is 0 Å². The van der Waals surface area contributed by atoms with Gasteiger partial charge in [0.15, 0.2) is 0 Å². The van der Waals surface area contributed by atoms with Gasteiger partial charge in [-0.3, -0.25) is 5.10 Å². The van der Waals surface area contributed by atoms with Gasteiger partial charge in [-0.05, 0) is 36.9 Å². The summed E-state index contributed by atoms with van der Waals surface area (Å²) in [6.45, 7) is 2.27. The van der Waals surface area contributed by atoms with Crippen LogP contribution in [0.4, 0.5) is 0 Å². The molecule has 0 aliphatic carbocycles. The minimum Gasteiger partial charge on any atom is -0.316 e. The molecular formula is C12H15N3. The maximum atomic E-state index is 4.11. The van der Waals surface area contributed by atoms with Gasteiger partial charge in [0.2, 0.25) is 0 Å². The molecule has 1 atom stereocenters. The molecule has 1 aromatic carbocycles. The first-order valence-corrected chi connectivity index (χ1v) is 5.58. The van der Waals surface area contributed by atoms with E-state index in [9.17, 15) is 0 Å². The summed E-state index contributed by atoms with van der Waals surface area (Å²) >= 11 is 0. The Kier molecular flexibility index (Phi) is 2.18. The Hall–Kier alpha value is -1.35. The second kappa shape index (κ2) is 3.66. The lowest BCUT2D eigenvalue weighted by atomic mass is 9.90. The smallest absolute Gasteiger partial charge is 0.0653 e. The number of hydrogen-bond donors (Lipinski definition) is 2. The van der Waals surface area contributed by atoms with Gasteiger partial charge < -0.3 is 5.32 Å². The van der Waals surface area contributed by atoms with Crippen LogP contribution in [0.3, 0.4) is 0 Å². The summed E-state index contributed by atoms with van der Waals surface area (Å²) in [5, 5.41) is 11.9. The van der Waals surface area contributed by atoms with Crippen molar-refractivity contribution >= 4 is 10.9 Å². The molecule has 0 spiro atoms. The summed E-state index contributed by atoms with van der Waals surface area (Å²) in [5.41, 5.74) is 2.59. The van der Waals surface area contributed by atoms with E-state index in [2.05, 4.69) is 33.7 Å². The number of hydrogen-bond acceptors (Lipinski definition) is 2. The Labute approximate surface area is 88.9 Å². The molecule has 1 aromatic heterocycles. The van der Waals surface area contributed by atoms with Crippen molar-refractivity contribution in [1.82, 2.24) is 15.5 Å². The van der Waals surface area contributed by atoms with Crippen molar-refractivity contribution in [2.75, 3.05) is 13.1 Å². The highest BCUT2D eigenvalue weighted by atomic mass is 15.1. The third-order valence-corrected chi connectivity index (χ3v) is 3.26. The topological polar surface area (TPSA) is 40.7 Å². The highest BCUT2D eigenvalue weighted by Crippen LogP contribution is 2.28. The van der Waals surface area contributed by atoms with Gasteiger partial charge in [0.05, 0.1) is 11.7 Å². The number of nitrogens with one attached hydrogen (secondary N) is 2. The van der Waals surface area contributed by atoms with Crippen LogP contribution in [-0.4, -0.2) is 23.3 Å². The summed E-state index contributed by atoms with van der Waals surface area (Å²) in [7, 11) is 0. The first kappa shape index (κ1) is 8.92. The van der Waals surface area contributed by atoms with Crippen molar-refractivity contribution in [2.24, 2.45) is 0 Å². The Balaban J connectivity index is 2.05. The van der Waals surface area contributed by atoms with Crippen LogP contribution in [0.25, 0.3) is 10.9 Å². The number of rotatable bonds is 1. The molecule has 1 saturated heterocycles. The van der Waals surface area contributed by atoms with Gasteiger partial charge in [0, 0.05) is 11.9 Å². The van der Waals surface area contributed by atoms with E-state index in [1.54, 1.807) is 0 Å². The molecule has 2 N–H and O–H groups in total. The zero-order valence-corrected chi connectivity index (χ0v) is 8.66. The van der Waals surface area contributed by atoms with Crippen LogP contribution in [0.2, 0.25) is 0 Å². The van der Waals surface area contributed by atoms with Crippen LogP contribution >= 0.6 is 0 Å². The fraction of sp³-hybridized carbons (Fsp3) is 0.417. The third kappa shape index (κ3) is 1.53. The summed E-state index contributed by atoms with van der Waals surface area (Å²) < 4.78 is 0. The van der Waals surface area contributed by atoms with Crippen LogP contribution in [0.5, 0.6) is 0 Å². The van der Waals surface area contributed by atoms with Gasteiger partial charge in [-0.2, -0.15) is 5.10 Å². The summed E-state index contributed by atoms with van der Waals surface area (Å²) in [6, 6.07) is 6.43. The highest BCUT2D eigenvalue weighted by Gasteiger charge is 2.17. The van der Waals surface area contributed by atoms with Gasteiger partial charge in [-0.1, -0.05) is 12.1 Å². The zero-order valence-electron chi connectivity index (χ0n) is 8.66. The lowest BCUT2D eigenvalue weighted by Gasteiger charge is -2.23. The lowest BCUT2D eigenvalue weighted by molar-refractivity contribution is 0.463. The molecule has 3 heteroatoms. The predicted molar refractivity (Wildman–Crippen MR) is 60.9 cm³/mol. The minimum atomic E-state index is 0.653. The first-order chi connectivity index (χ1) is 7.45. The molecule has 0 saturated carbocycles. The molecule has 3 rings (SSSR count). The predicted octanol–water partition coefficient (Wildman–Crippen LogP) is 2.03. The van der Waals surface area contributed by atoms with Crippen molar-refractivity contribution in [1.29, 1.82) is 0 Å². The number of piperidine rings is 1. The fourth-order valence-electron chi connectivity index (χ4n) is 2.46. The zero-order chi connectivity index (χ0) is 10.1. The largest absolute Gasteiger partial charge is 0.316 e. The minimum absolute atomic E-state index is 0.653. The molecule has 1 aliphatic rings. The molecule has 2 aromatic rings. The maximum Gasteiger partial charge on any atom is 0.0653 e. The lowest BCUT2D eigenvalue weighted by Crippen LogP contribution is -2.28. The van der Waals surface area contributed by atoms with E-state index in [1.165, 1.54) is 23.8 Å². The summed E-state index contributed by atoms with van der Waals surface area (Å²) in [4.78, 5) is 0. The molecule has 1 unspecified atom stereocenters. The molecule has 1 aliphatic heterocycles. The monoisotopic (exact) mass is 201 g/mol. The highest BCUT2D eigenvalue weighted by molar-refractivity contribution is 5.82. The van der Waals surface area contributed by atoms with Gasteiger partial charge >= 0.3 is 0 Å². The van der Waals surface area contributed by atoms with Crippen LogP contribution in [0, 0.1) is 0 Å². The summed E-state index contributed by atoms with van der Waals surface area (Å²) in [5.74, 6) is 0.653. The van der Waals surface area contributed by atoms with E-state index in [0.29, 0.717) is 5.92 Å². The molecule has 0 bridgehead atoms. The Morgan fingerprint density at radius 2 is 2.33 bits per heavy atom. The molecule has 1 fully saturated rings. The Morgan fingerprint density at radius 3 is 3.20 bits per heavy atom. The normalized spacial score (nSPS) is 22.0. The average molecular weight is 201 g/mol. The van der Waals surface area contributed by atoms with Crippen molar-refractivity contribution in [3.63, 3.8) is 0 Å². The second-order valence-electron chi connectivity index (χ2n) is 4.22. The Morgan fingerprint density at radius 1 is 1.33 bits per heavy atom. The van der Waals surface area contributed by atoms with E-state index >= 15 is 0 Å². The molecule has 3 nitrogen and oxygen atoms in total. The van der Waals surface area contributed by atoms with Gasteiger partial charge in [-0.15, -0.1) is 0 Å². The van der Waals surface area contributed by atoms with Crippen LogP contribution in [0.1, 0.15) is 24.3 Å². The number of benzene rings is 1. The first-order valence-electron chi connectivity index (χ1n) is 5.58. The van der Waals surface area contributed by atoms with E-state index < -0.39 is 0 Å². The average Bonchev–Trinajstić information content (AvgIpc) is 2.78. The molecular weight excluding hydrogens is 186 g/mol. The van der Waals surface area contributed by atoms with Crippen LogP contribution in [-0.2, 0) is 0 Å². The fourth-order valence-corrected chi connectivity index (χ4v) is 2.46. The van der Waals surface area contributed by atoms with Crippen molar-refractivity contribution < 1.29 is 0 Å². The molecule has 2 heterocycles. The van der Waals surface area contributed by atoms with E-state index in [-0.39, 0.29) is 0 Å². The SMILES string of the molecule is c1cc(C2CCCNC2)c2cn[nH]c2c1.